The van der Waals surface area contributed by atoms with Crippen molar-refractivity contribution in [2.24, 2.45) is 0 Å². The Balaban J connectivity index is 1.61. The third-order valence-corrected chi connectivity index (χ3v) is 6.31. The van der Waals surface area contributed by atoms with E-state index >= 15 is 0 Å². The van der Waals surface area contributed by atoms with E-state index in [1.165, 1.54) is 16.0 Å². The van der Waals surface area contributed by atoms with Crippen LogP contribution in [0, 0.1) is 0 Å². The van der Waals surface area contributed by atoms with Gasteiger partial charge in [-0.3, -0.25) is 4.79 Å². The summed E-state index contributed by atoms with van der Waals surface area (Å²) in [4.78, 5) is 16.2. The Morgan fingerprint density at radius 3 is 2.20 bits per heavy atom. The maximum absolute atomic E-state index is 13.0. The number of fused-ring (bicyclic) bond motifs is 5. The Bertz CT molecular complexity index is 953. The molecule has 2 heterocycles. The minimum absolute atomic E-state index is 0.0625. The molecule has 2 atom stereocenters. The van der Waals surface area contributed by atoms with E-state index in [2.05, 4.69) is 54.6 Å². The largest absolute Gasteiger partial charge is 0.326 e. The first-order valence-electron chi connectivity index (χ1n) is 8.53. The van der Waals surface area contributed by atoms with Gasteiger partial charge in [0.2, 0.25) is 0 Å². The van der Waals surface area contributed by atoms with Crippen LogP contribution in [-0.4, -0.2) is 17.4 Å². The predicted octanol–water partition coefficient (Wildman–Crippen LogP) is 5.08. The van der Waals surface area contributed by atoms with Crippen molar-refractivity contribution in [2.75, 3.05) is 6.54 Å². The van der Waals surface area contributed by atoms with Crippen molar-refractivity contribution >= 4 is 17.7 Å². The van der Waals surface area contributed by atoms with Gasteiger partial charge in [0, 0.05) is 17.0 Å². The Kier molecular flexibility index (Phi) is 3.42. The summed E-state index contributed by atoms with van der Waals surface area (Å²) in [5.74, 6) is 0.161. The molecule has 25 heavy (non-hydrogen) atoms. The molecule has 1 amide bonds. The van der Waals surface area contributed by atoms with E-state index in [4.69, 9.17) is 0 Å². The van der Waals surface area contributed by atoms with Gasteiger partial charge >= 0.3 is 0 Å². The second kappa shape index (κ2) is 5.78. The second-order valence-corrected chi connectivity index (χ2v) is 7.77. The normalized spacial score (nSPS) is 20.8. The zero-order valence-corrected chi connectivity index (χ0v) is 14.4. The molecule has 0 radical (unpaired) electrons. The molecule has 3 aromatic carbocycles. The van der Waals surface area contributed by atoms with Crippen molar-refractivity contribution in [3.8, 4) is 0 Å². The zero-order valence-electron chi connectivity index (χ0n) is 13.6. The summed E-state index contributed by atoms with van der Waals surface area (Å²) in [6, 6.07) is 27.1. The van der Waals surface area contributed by atoms with Crippen LogP contribution in [0.1, 0.15) is 38.3 Å². The van der Waals surface area contributed by atoms with Crippen molar-refractivity contribution in [3.05, 3.63) is 101 Å². The van der Waals surface area contributed by atoms with Gasteiger partial charge in [0.15, 0.2) is 0 Å². The molecule has 0 aromatic heterocycles. The van der Waals surface area contributed by atoms with E-state index in [1.807, 2.05) is 40.9 Å². The zero-order chi connectivity index (χ0) is 16.8. The van der Waals surface area contributed by atoms with Gasteiger partial charge in [0.1, 0.15) is 0 Å². The van der Waals surface area contributed by atoms with Gasteiger partial charge in [0.05, 0.1) is 11.3 Å². The summed E-state index contributed by atoms with van der Waals surface area (Å²) in [5, 5.41) is 0.258. The molecule has 3 aromatic rings. The van der Waals surface area contributed by atoms with Crippen LogP contribution in [0.4, 0.5) is 0 Å². The van der Waals surface area contributed by atoms with E-state index in [0.29, 0.717) is 0 Å². The summed E-state index contributed by atoms with van der Waals surface area (Å²) in [5.41, 5.74) is 4.61. The van der Waals surface area contributed by atoms with Crippen molar-refractivity contribution in [3.63, 3.8) is 0 Å². The number of carbonyl (C=O) groups excluding carboxylic acids is 1. The van der Waals surface area contributed by atoms with Gasteiger partial charge in [0.25, 0.3) is 5.91 Å². The maximum atomic E-state index is 13.0. The minimum atomic E-state index is 0.0625. The van der Waals surface area contributed by atoms with E-state index in [1.54, 1.807) is 0 Å². The molecular weight excluding hydrogens is 326 g/mol. The second-order valence-electron chi connectivity index (χ2n) is 6.50. The maximum Gasteiger partial charge on any atom is 0.255 e. The summed E-state index contributed by atoms with van der Waals surface area (Å²) in [6.45, 7) is 0.745. The fourth-order valence-corrected chi connectivity index (χ4v) is 5.21. The number of hydrogen-bond donors (Lipinski definition) is 0. The van der Waals surface area contributed by atoms with Gasteiger partial charge in [-0.1, -0.05) is 60.7 Å². The molecule has 2 unspecified atom stereocenters. The van der Waals surface area contributed by atoms with E-state index < -0.39 is 0 Å². The number of rotatable bonds is 2. The SMILES string of the molecule is O=C1c2ccccc2C2c3ccccc3C(Sc3ccccc3)CN12. The van der Waals surface area contributed by atoms with Crippen LogP contribution in [0.5, 0.6) is 0 Å². The Hall–Kier alpha value is -2.52. The summed E-state index contributed by atoms with van der Waals surface area (Å²) in [7, 11) is 0. The molecule has 0 aliphatic carbocycles. The molecule has 0 N–H and O–H groups in total. The average molecular weight is 343 g/mol. The average Bonchev–Trinajstić information content (AvgIpc) is 2.96. The fourth-order valence-electron chi connectivity index (χ4n) is 3.99. The number of amides is 1. The Labute approximate surface area is 151 Å². The van der Waals surface area contributed by atoms with Gasteiger partial charge in [-0.05, 0) is 34.9 Å². The topological polar surface area (TPSA) is 20.3 Å². The lowest BCUT2D eigenvalue weighted by atomic mass is 9.90. The van der Waals surface area contributed by atoms with Crippen LogP contribution in [0.2, 0.25) is 0 Å². The van der Waals surface area contributed by atoms with Crippen molar-refractivity contribution < 1.29 is 4.79 Å². The van der Waals surface area contributed by atoms with Crippen LogP contribution in [0.25, 0.3) is 0 Å². The van der Waals surface area contributed by atoms with Crippen molar-refractivity contribution in [1.29, 1.82) is 0 Å². The summed E-state index contributed by atoms with van der Waals surface area (Å²) >= 11 is 1.84. The molecule has 3 heteroatoms. The molecule has 122 valence electrons. The molecule has 0 bridgehead atoms. The van der Waals surface area contributed by atoms with Crippen molar-refractivity contribution in [1.82, 2.24) is 4.90 Å². The van der Waals surface area contributed by atoms with Crippen molar-refractivity contribution in [2.45, 2.75) is 16.2 Å². The molecule has 0 saturated heterocycles. The smallest absolute Gasteiger partial charge is 0.255 e. The minimum Gasteiger partial charge on any atom is -0.326 e. The molecule has 0 saturated carbocycles. The highest BCUT2D eigenvalue weighted by Crippen LogP contribution is 2.49. The first kappa shape index (κ1) is 14.8. The summed E-state index contributed by atoms with van der Waals surface area (Å²) in [6.07, 6.45) is 0. The lowest BCUT2D eigenvalue weighted by Gasteiger charge is -2.37. The predicted molar refractivity (Wildman–Crippen MR) is 101 cm³/mol. The molecule has 2 aliphatic heterocycles. The highest BCUT2D eigenvalue weighted by molar-refractivity contribution is 7.99. The molecular formula is C22H17NOS. The highest BCUT2D eigenvalue weighted by atomic mass is 32.2. The Morgan fingerprint density at radius 2 is 1.40 bits per heavy atom. The quantitative estimate of drug-likeness (QED) is 0.647. The Morgan fingerprint density at radius 1 is 0.760 bits per heavy atom. The number of benzene rings is 3. The monoisotopic (exact) mass is 343 g/mol. The van der Waals surface area contributed by atoms with Gasteiger partial charge in [-0.2, -0.15) is 0 Å². The van der Waals surface area contributed by atoms with Crippen LogP contribution in [0.3, 0.4) is 0 Å². The number of thioether (sulfide) groups is 1. The van der Waals surface area contributed by atoms with Crippen LogP contribution >= 0.6 is 11.8 Å². The van der Waals surface area contributed by atoms with Gasteiger partial charge in [-0.25, -0.2) is 0 Å². The molecule has 0 spiro atoms. The molecule has 2 aliphatic rings. The third kappa shape index (κ3) is 2.30. The summed E-state index contributed by atoms with van der Waals surface area (Å²) < 4.78 is 0. The first-order chi connectivity index (χ1) is 12.3. The lowest BCUT2D eigenvalue weighted by Crippen LogP contribution is -2.36. The van der Waals surface area contributed by atoms with Crippen LogP contribution < -0.4 is 0 Å². The molecule has 2 nitrogen and oxygen atoms in total. The fraction of sp³-hybridized carbons (Fsp3) is 0.136. The standard InChI is InChI=1S/C22H17NOS/c24-22-19-13-7-6-12-18(19)21-17-11-5-4-10-16(17)20(14-23(21)22)25-15-8-2-1-3-9-15/h1-13,20-21H,14H2. The number of hydrogen-bond acceptors (Lipinski definition) is 2. The van der Waals surface area contributed by atoms with E-state index in [9.17, 15) is 4.79 Å². The van der Waals surface area contributed by atoms with Gasteiger partial charge < -0.3 is 4.90 Å². The first-order valence-corrected chi connectivity index (χ1v) is 9.41. The van der Waals surface area contributed by atoms with E-state index in [-0.39, 0.29) is 17.2 Å². The van der Waals surface area contributed by atoms with Crippen LogP contribution in [-0.2, 0) is 0 Å². The van der Waals surface area contributed by atoms with Gasteiger partial charge in [-0.15, -0.1) is 11.8 Å². The highest BCUT2D eigenvalue weighted by Gasteiger charge is 2.43. The third-order valence-electron chi connectivity index (χ3n) is 5.08. The number of carbonyl (C=O) groups is 1. The molecule has 5 rings (SSSR count). The molecule has 0 fully saturated rings. The number of nitrogens with zero attached hydrogens (tertiary/aromatic N) is 1. The lowest BCUT2D eigenvalue weighted by molar-refractivity contribution is 0.0738. The van der Waals surface area contributed by atoms with Crippen LogP contribution in [0.15, 0.2) is 83.8 Å². The van der Waals surface area contributed by atoms with E-state index in [0.717, 1.165) is 17.7 Å².